The average molecular weight is 720 g/mol. The van der Waals surface area contributed by atoms with Crippen molar-refractivity contribution < 1.29 is 107 Å². The van der Waals surface area contributed by atoms with E-state index in [9.17, 15) is 36.7 Å². The van der Waals surface area contributed by atoms with Crippen LogP contribution in [0, 0.1) is 11.8 Å². The monoisotopic (exact) mass is 719 g/mol. The van der Waals surface area contributed by atoms with Gasteiger partial charge < -0.3 is 19.3 Å². The van der Waals surface area contributed by atoms with Gasteiger partial charge in [-0.2, -0.15) is 5.10 Å². The van der Waals surface area contributed by atoms with Crippen molar-refractivity contribution >= 4 is 36.1 Å². The molecule has 0 aliphatic heterocycles. The summed E-state index contributed by atoms with van der Waals surface area (Å²) in [4.78, 5) is 43.1. The van der Waals surface area contributed by atoms with Crippen molar-refractivity contribution in [3.8, 4) is 0 Å². The Morgan fingerprint density at radius 1 is 0.891 bits per heavy atom. The number of carbonyl (C=O) groups is 4. The van der Waals surface area contributed by atoms with Gasteiger partial charge in [-0.05, 0) is 73.6 Å². The molecule has 3 rings (SSSR count). The Bertz CT molecular complexity index is 979. The van der Waals surface area contributed by atoms with Gasteiger partial charge in [-0.25, -0.2) is 31.9 Å². The molecule has 6 N–H and O–H groups in total. The Kier molecular flexibility index (Phi) is 32.3. The fraction of sp³-hybridized carbons (Fsp3) is 0.750. The molecule has 46 heavy (non-hydrogen) atoms. The number of nitrogens with zero attached hydrogens (tertiary/aromatic N) is 1. The summed E-state index contributed by atoms with van der Waals surface area (Å²) in [5, 5.41) is 15.1. The van der Waals surface area contributed by atoms with E-state index < -0.39 is 48.2 Å². The van der Waals surface area contributed by atoms with E-state index in [1.807, 2.05) is 0 Å². The molecule has 0 bridgehead atoms. The smallest absolute Gasteiger partial charge is 0.461 e. The van der Waals surface area contributed by atoms with Crippen LogP contribution in [0.2, 0.25) is 0 Å². The first-order chi connectivity index (χ1) is 20.5. The normalized spacial score (nSPS) is 16.4. The van der Waals surface area contributed by atoms with E-state index in [2.05, 4.69) is 31.4 Å². The molecule has 0 saturated heterocycles. The van der Waals surface area contributed by atoms with E-state index in [-0.39, 0.29) is 108 Å². The molecule has 1 fully saturated rings. The number of esters is 3. The van der Waals surface area contributed by atoms with Gasteiger partial charge in [0.2, 0.25) is 12.9 Å². The van der Waals surface area contributed by atoms with Gasteiger partial charge in [-0.15, -0.1) is 12.4 Å². The number of nitrogens with one attached hydrogen (secondary N) is 1. The molecule has 2 aliphatic carbocycles. The molecule has 2 aliphatic rings. The molecule has 0 aromatic carbocycles. The molecule has 2 atom stereocenters. The Hall–Kier alpha value is -1.18. The predicted molar refractivity (Wildman–Crippen MR) is 160 cm³/mol. The largest absolute Gasteiger partial charge is 1.00 e. The third-order valence-corrected chi connectivity index (χ3v) is 5.60. The average Bonchev–Trinajstić information content (AvgIpc) is 3.38. The number of aliphatic hydroxyl groups is 1. The van der Waals surface area contributed by atoms with Gasteiger partial charge in [-0.3, -0.25) is 21.6 Å². The zero-order chi connectivity index (χ0) is 34.5. The third-order valence-electron chi connectivity index (χ3n) is 5.60. The summed E-state index contributed by atoms with van der Waals surface area (Å²) in [6.45, 7) is 10.8. The number of halogens is 5. The van der Waals surface area contributed by atoms with Crippen LogP contribution in [0.1, 0.15) is 95.4 Å². The van der Waals surface area contributed by atoms with Gasteiger partial charge in [0, 0.05) is 35.9 Å². The molecule has 0 spiro atoms. The molecule has 1 aromatic rings. The standard InChI is InChI=1S/C11H14F2N2O2.C7H10F2O.C6H10O4.C4H10O.ClH.K.H4N2/c1-2-17-11(16)9-7-4-3-6(10(12)13)5-8(7)14-15-9;8-7(9)5-2-1-3-6(10)4-5;1-3-9-5(7)6(8)10-4-2;1-4(2,3)5;;;1-2/h6,10H,2-5H2,1H3,(H,14,15);5,7H,1-4H2;3-4H2,1-2H3;5H,1-3H3;1H;;1-2H2/q;;;;;+1;. The number of Topliss-reactive ketones (excluding diaryl/α,β-unsaturated/α-hetero) is 1. The van der Waals surface area contributed by atoms with Crippen LogP contribution in [0.15, 0.2) is 0 Å². The SMILES string of the molecule is CC(C)(C)O.CCOC(=O)C(=O)OCC.CCOC(=O)c1n[nH]c2c1CCC(C(F)F)C2.Cl.NN.O=C1CCCC(C(F)F)C1.[K+]. The van der Waals surface area contributed by atoms with Crippen molar-refractivity contribution in [1.29, 1.82) is 0 Å². The van der Waals surface area contributed by atoms with Crippen molar-refractivity contribution in [3.63, 3.8) is 0 Å². The van der Waals surface area contributed by atoms with Gasteiger partial charge in [0.05, 0.1) is 25.4 Å². The first-order valence-corrected chi connectivity index (χ1v) is 14.3. The van der Waals surface area contributed by atoms with E-state index in [0.717, 1.165) is 5.56 Å². The summed E-state index contributed by atoms with van der Waals surface area (Å²) >= 11 is 0. The number of H-pyrrole nitrogens is 1. The zero-order valence-corrected chi connectivity index (χ0v) is 31.6. The van der Waals surface area contributed by atoms with E-state index >= 15 is 0 Å². The minimum Gasteiger partial charge on any atom is -0.461 e. The first kappa shape index (κ1) is 51.6. The van der Waals surface area contributed by atoms with Crippen LogP contribution >= 0.6 is 12.4 Å². The summed E-state index contributed by atoms with van der Waals surface area (Å²) < 4.78 is 62.6. The number of fused-ring (bicyclic) bond motifs is 1. The number of rotatable bonds is 6. The summed E-state index contributed by atoms with van der Waals surface area (Å²) in [6, 6.07) is 0. The van der Waals surface area contributed by atoms with Crippen LogP contribution in [0.25, 0.3) is 0 Å². The Morgan fingerprint density at radius 3 is 1.70 bits per heavy atom. The molecule has 1 heterocycles. The minimum absolute atomic E-state index is 0. The number of hydrogen-bond donors (Lipinski definition) is 4. The number of alkyl halides is 4. The predicted octanol–water partition coefficient (Wildman–Crippen LogP) is 1.10. The fourth-order valence-corrected chi connectivity index (χ4v) is 3.77. The number of ether oxygens (including phenoxy) is 3. The van der Waals surface area contributed by atoms with Crippen molar-refractivity contribution in [1.82, 2.24) is 10.2 Å². The number of aromatic nitrogens is 2. The second kappa shape index (κ2) is 28.8. The van der Waals surface area contributed by atoms with E-state index in [1.54, 1.807) is 41.5 Å². The summed E-state index contributed by atoms with van der Waals surface area (Å²) in [6.07, 6.45) is -1.77. The van der Waals surface area contributed by atoms with Crippen LogP contribution < -0.4 is 63.1 Å². The van der Waals surface area contributed by atoms with Crippen LogP contribution in [0.4, 0.5) is 17.6 Å². The first-order valence-electron chi connectivity index (χ1n) is 14.3. The fourth-order valence-electron chi connectivity index (χ4n) is 3.77. The second-order valence-corrected chi connectivity index (χ2v) is 10.4. The number of nitrogens with two attached hydrogens (primary N) is 2. The summed E-state index contributed by atoms with van der Waals surface area (Å²) in [5.41, 5.74) is 1.12. The molecule has 264 valence electrons. The van der Waals surface area contributed by atoms with Crippen LogP contribution in [0.3, 0.4) is 0 Å². The van der Waals surface area contributed by atoms with Crippen LogP contribution in [0.5, 0.6) is 0 Å². The molecular formula is C28H49ClF4KN4O8+. The van der Waals surface area contributed by atoms with Gasteiger partial charge in [-0.1, -0.05) is 0 Å². The molecule has 12 nitrogen and oxygen atoms in total. The number of carbonyl (C=O) groups excluding carboxylic acids is 4. The molecule has 0 radical (unpaired) electrons. The van der Waals surface area contributed by atoms with Crippen molar-refractivity contribution in [2.75, 3.05) is 19.8 Å². The summed E-state index contributed by atoms with van der Waals surface area (Å²) in [5.74, 6) is 4.37. The second-order valence-electron chi connectivity index (χ2n) is 10.4. The Balaban J connectivity index is -0.000000266. The molecule has 1 aromatic heterocycles. The summed E-state index contributed by atoms with van der Waals surface area (Å²) in [7, 11) is 0. The number of hydrazine groups is 1. The third kappa shape index (κ3) is 24.0. The Labute approximate surface area is 316 Å². The van der Waals surface area contributed by atoms with Gasteiger partial charge >= 0.3 is 69.3 Å². The van der Waals surface area contributed by atoms with Crippen LogP contribution in [-0.4, -0.2) is 77.3 Å². The number of aromatic amines is 1. The zero-order valence-electron chi connectivity index (χ0n) is 27.7. The van der Waals surface area contributed by atoms with Crippen molar-refractivity contribution in [3.05, 3.63) is 17.0 Å². The maximum atomic E-state index is 12.6. The maximum absolute atomic E-state index is 12.6. The van der Waals surface area contributed by atoms with Crippen LogP contribution in [-0.2, 0) is 41.4 Å². The van der Waals surface area contributed by atoms with E-state index in [0.29, 0.717) is 37.8 Å². The van der Waals surface area contributed by atoms with E-state index in [1.165, 1.54) is 0 Å². The molecule has 18 heteroatoms. The molecule has 2 unspecified atom stereocenters. The van der Waals surface area contributed by atoms with Crippen molar-refractivity contribution in [2.45, 2.75) is 105 Å². The topological polar surface area (TPSA) is 197 Å². The quantitative estimate of drug-likeness (QED) is 0.0625. The van der Waals surface area contributed by atoms with Gasteiger partial charge in [0.25, 0.3) is 0 Å². The maximum Gasteiger partial charge on any atom is 1.00 e. The molecule has 0 amide bonds. The van der Waals surface area contributed by atoms with Gasteiger partial charge in [0.15, 0.2) is 5.69 Å². The molecule has 1 saturated carbocycles. The van der Waals surface area contributed by atoms with Crippen molar-refractivity contribution in [2.24, 2.45) is 23.5 Å². The van der Waals surface area contributed by atoms with E-state index in [4.69, 9.17) is 9.84 Å². The minimum atomic E-state index is -2.32. The number of ketones is 1. The molecular weight excluding hydrogens is 671 g/mol. The number of hydrogen-bond acceptors (Lipinski definition) is 11. The Morgan fingerprint density at radius 2 is 1.33 bits per heavy atom. The van der Waals surface area contributed by atoms with Gasteiger partial charge in [0.1, 0.15) is 5.78 Å².